The Kier molecular flexibility index (Phi) is 4.16. The van der Waals surface area contributed by atoms with Crippen molar-refractivity contribution in [1.82, 2.24) is 0 Å². The van der Waals surface area contributed by atoms with Gasteiger partial charge in [0.1, 0.15) is 10.6 Å². The van der Waals surface area contributed by atoms with E-state index >= 15 is 0 Å². The molecule has 0 bridgehead atoms. The number of hydrogen-bond acceptors (Lipinski definition) is 3. The Bertz CT molecular complexity index is 863. The van der Waals surface area contributed by atoms with Gasteiger partial charge in [0, 0.05) is 5.69 Å². The number of fused-ring (bicyclic) bond motifs is 1. The minimum atomic E-state index is -4.97. The fourth-order valence-corrected chi connectivity index (χ4v) is 3.91. The smallest absolute Gasteiger partial charge is 0.404 e. The molecule has 3 rings (SSSR count). The highest BCUT2D eigenvalue weighted by Crippen LogP contribution is 2.31. The van der Waals surface area contributed by atoms with Gasteiger partial charge in [0.25, 0.3) is 10.0 Å². The van der Waals surface area contributed by atoms with Crippen LogP contribution in [0, 0.1) is 0 Å². The number of sulfonamides is 1. The van der Waals surface area contributed by atoms with Crippen LogP contribution in [0.4, 0.5) is 18.9 Å². The van der Waals surface area contributed by atoms with E-state index in [9.17, 15) is 21.6 Å². The van der Waals surface area contributed by atoms with Gasteiger partial charge in [-0.1, -0.05) is 18.2 Å². The van der Waals surface area contributed by atoms with E-state index < -0.39 is 27.0 Å². The summed E-state index contributed by atoms with van der Waals surface area (Å²) in [6.45, 7) is 0. The molecule has 1 aliphatic carbocycles. The maximum absolute atomic E-state index is 12.4. The summed E-state index contributed by atoms with van der Waals surface area (Å²) < 4.78 is 68.4. The number of hydrogen-bond donors (Lipinski definition) is 1. The lowest BCUT2D eigenvalue weighted by Crippen LogP contribution is -2.20. The zero-order valence-electron chi connectivity index (χ0n) is 12.4. The maximum Gasteiger partial charge on any atom is 0.573 e. The fraction of sp³-hybridized carbons (Fsp3) is 0.250. The van der Waals surface area contributed by atoms with Crippen LogP contribution in [0.1, 0.15) is 17.5 Å². The first-order valence-electron chi connectivity index (χ1n) is 7.24. The Balaban J connectivity index is 1.91. The second-order valence-corrected chi connectivity index (χ2v) is 7.09. The van der Waals surface area contributed by atoms with Crippen LogP contribution in [-0.2, 0) is 22.9 Å². The molecule has 1 N–H and O–H groups in total. The monoisotopic (exact) mass is 357 g/mol. The van der Waals surface area contributed by atoms with Gasteiger partial charge in [-0.05, 0) is 54.7 Å². The van der Waals surface area contributed by atoms with E-state index in [1.165, 1.54) is 17.7 Å². The Morgan fingerprint density at radius 2 is 1.71 bits per heavy atom. The number of ether oxygens (including phenoxy) is 1. The minimum Gasteiger partial charge on any atom is -0.404 e. The molecule has 0 saturated carbocycles. The lowest BCUT2D eigenvalue weighted by molar-refractivity contribution is -0.275. The van der Waals surface area contributed by atoms with Crippen LogP contribution >= 0.6 is 0 Å². The third-order valence-corrected chi connectivity index (χ3v) is 5.14. The molecule has 0 heterocycles. The quantitative estimate of drug-likeness (QED) is 0.904. The summed E-state index contributed by atoms with van der Waals surface area (Å²) in [4.78, 5) is -0.567. The van der Waals surface area contributed by atoms with E-state index in [1.807, 2.05) is 6.07 Å². The third kappa shape index (κ3) is 3.64. The molecule has 0 atom stereocenters. The summed E-state index contributed by atoms with van der Waals surface area (Å²) in [6, 6.07) is 9.79. The molecule has 0 radical (unpaired) electrons. The van der Waals surface area contributed by atoms with Gasteiger partial charge in [0.05, 0.1) is 0 Å². The van der Waals surface area contributed by atoms with Gasteiger partial charge in [-0.3, -0.25) is 4.72 Å². The number of aryl methyl sites for hydroxylation is 2. The van der Waals surface area contributed by atoms with E-state index in [1.54, 1.807) is 12.1 Å². The van der Waals surface area contributed by atoms with Gasteiger partial charge in [-0.15, -0.1) is 13.2 Å². The lowest BCUT2D eigenvalue weighted by Gasteiger charge is -2.14. The molecular formula is C16H14F3NO3S. The Morgan fingerprint density at radius 1 is 1.00 bits per heavy atom. The number of alkyl halides is 3. The molecule has 0 fully saturated rings. The number of anilines is 1. The summed E-state index contributed by atoms with van der Waals surface area (Å²) in [6.07, 6.45) is -2.16. The number of rotatable bonds is 4. The Hall–Kier alpha value is -2.22. The highest BCUT2D eigenvalue weighted by Gasteiger charge is 2.34. The van der Waals surface area contributed by atoms with Crippen LogP contribution in [0.2, 0.25) is 0 Å². The van der Waals surface area contributed by atoms with Crippen LogP contribution in [0.5, 0.6) is 5.75 Å². The molecule has 0 amide bonds. The number of para-hydroxylation sites is 1. The number of benzene rings is 2. The fourth-order valence-electron chi connectivity index (χ4n) is 2.73. The van der Waals surface area contributed by atoms with E-state index in [2.05, 4.69) is 9.46 Å². The summed E-state index contributed by atoms with van der Waals surface area (Å²) in [7, 11) is -4.21. The molecule has 2 aromatic carbocycles. The minimum absolute atomic E-state index is 0.317. The molecule has 8 heteroatoms. The van der Waals surface area contributed by atoms with Gasteiger partial charge in [0.15, 0.2) is 0 Å². The average molecular weight is 357 g/mol. The molecule has 24 heavy (non-hydrogen) atoms. The molecule has 2 aromatic rings. The van der Waals surface area contributed by atoms with Gasteiger partial charge >= 0.3 is 6.36 Å². The molecular weight excluding hydrogens is 343 g/mol. The van der Waals surface area contributed by atoms with Crippen LogP contribution in [0.25, 0.3) is 0 Å². The second kappa shape index (κ2) is 6.01. The first-order chi connectivity index (χ1) is 11.2. The highest BCUT2D eigenvalue weighted by atomic mass is 32.2. The Labute approximate surface area is 137 Å². The molecule has 0 saturated heterocycles. The first-order valence-corrected chi connectivity index (χ1v) is 8.72. The lowest BCUT2D eigenvalue weighted by atomic mass is 10.1. The summed E-state index contributed by atoms with van der Waals surface area (Å²) in [5.74, 6) is -0.765. The van der Waals surface area contributed by atoms with Crippen molar-refractivity contribution in [2.24, 2.45) is 0 Å². The van der Waals surface area contributed by atoms with Crippen molar-refractivity contribution in [1.29, 1.82) is 0 Å². The van der Waals surface area contributed by atoms with Crippen molar-refractivity contribution in [2.45, 2.75) is 30.5 Å². The van der Waals surface area contributed by atoms with Crippen LogP contribution in [0.3, 0.4) is 0 Å². The average Bonchev–Trinajstić information content (AvgIpc) is 2.93. The van der Waals surface area contributed by atoms with Crippen molar-refractivity contribution in [3.05, 3.63) is 53.6 Å². The van der Waals surface area contributed by atoms with Crippen molar-refractivity contribution in [3.8, 4) is 5.75 Å². The van der Waals surface area contributed by atoms with Crippen molar-refractivity contribution in [3.63, 3.8) is 0 Å². The predicted molar refractivity (Wildman–Crippen MR) is 82.4 cm³/mol. The van der Waals surface area contributed by atoms with E-state index in [0.717, 1.165) is 37.0 Å². The van der Waals surface area contributed by atoms with Crippen molar-refractivity contribution in [2.75, 3.05) is 4.72 Å². The normalized spacial score (nSPS) is 14.3. The molecule has 0 unspecified atom stereocenters. The van der Waals surface area contributed by atoms with Gasteiger partial charge in [0.2, 0.25) is 0 Å². The van der Waals surface area contributed by atoms with Crippen LogP contribution in [-0.4, -0.2) is 14.8 Å². The van der Waals surface area contributed by atoms with Crippen LogP contribution < -0.4 is 9.46 Å². The SMILES string of the molecule is O=S(=O)(Nc1ccc2c(c1)CCC2)c1ccccc1OC(F)(F)F. The number of halogens is 3. The van der Waals surface area contributed by atoms with Gasteiger partial charge in [-0.25, -0.2) is 8.42 Å². The summed E-state index contributed by atoms with van der Waals surface area (Å²) in [5, 5.41) is 0. The van der Waals surface area contributed by atoms with Crippen molar-refractivity contribution >= 4 is 15.7 Å². The van der Waals surface area contributed by atoms with E-state index in [0.29, 0.717) is 5.69 Å². The van der Waals surface area contributed by atoms with Gasteiger partial charge in [-0.2, -0.15) is 0 Å². The molecule has 1 aliphatic rings. The third-order valence-electron chi connectivity index (χ3n) is 3.72. The first kappa shape index (κ1) is 16.6. The van der Waals surface area contributed by atoms with Gasteiger partial charge < -0.3 is 4.74 Å². The van der Waals surface area contributed by atoms with Crippen LogP contribution in [0.15, 0.2) is 47.4 Å². The highest BCUT2D eigenvalue weighted by molar-refractivity contribution is 7.92. The summed E-state index contributed by atoms with van der Waals surface area (Å²) >= 11 is 0. The molecule has 0 spiro atoms. The number of nitrogens with one attached hydrogen (secondary N) is 1. The topological polar surface area (TPSA) is 55.4 Å². The summed E-state index contributed by atoms with van der Waals surface area (Å²) in [5.41, 5.74) is 2.53. The molecule has 128 valence electrons. The molecule has 4 nitrogen and oxygen atoms in total. The van der Waals surface area contributed by atoms with E-state index in [4.69, 9.17) is 0 Å². The largest absolute Gasteiger partial charge is 0.573 e. The zero-order valence-corrected chi connectivity index (χ0v) is 13.2. The molecule has 0 aromatic heterocycles. The van der Waals surface area contributed by atoms with Crippen molar-refractivity contribution < 1.29 is 26.3 Å². The zero-order chi connectivity index (χ0) is 17.4. The standard InChI is InChI=1S/C16H14F3NO3S/c17-16(18,19)23-14-6-1-2-7-15(14)24(21,22)20-13-9-8-11-4-3-5-12(11)10-13/h1-2,6-10,20H,3-5H2. The maximum atomic E-state index is 12.4. The van der Waals surface area contributed by atoms with E-state index in [-0.39, 0.29) is 0 Å². The predicted octanol–water partition coefficient (Wildman–Crippen LogP) is 3.87. The molecule has 0 aliphatic heterocycles. The Morgan fingerprint density at radius 3 is 2.46 bits per heavy atom. The second-order valence-electron chi connectivity index (χ2n) is 5.44.